The number of carbonyl (C=O) groups excluding carboxylic acids is 1. The van der Waals surface area contributed by atoms with Crippen LogP contribution in [0.1, 0.15) is 11.3 Å². The van der Waals surface area contributed by atoms with Gasteiger partial charge in [0.1, 0.15) is 23.1 Å². The van der Waals surface area contributed by atoms with Crippen LogP contribution in [0.25, 0.3) is 16.9 Å². The fraction of sp³-hybridized carbons (Fsp3) is 0.125. The van der Waals surface area contributed by atoms with Crippen LogP contribution in [-0.2, 0) is 13.0 Å². The van der Waals surface area contributed by atoms with E-state index in [0.29, 0.717) is 28.6 Å². The highest BCUT2D eigenvalue weighted by molar-refractivity contribution is 6.36. The number of pyridine rings is 1. The highest BCUT2D eigenvalue weighted by Crippen LogP contribution is 2.39. The number of primary amides is 1. The molecule has 5 rings (SSSR count). The van der Waals surface area contributed by atoms with Gasteiger partial charge in [0.05, 0.1) is 27.1 Å². The Kier molecular flexibility index (Phi) is 6.42. The van der Waals surface area contributed by atoms with E-state index in [4.69, 9.17) is 28.9 Å². The Balaban J connectivity index is 1.72. The molecule has 37 heavy (non-hydrogen) atoms. The van der Waals surface area contributed by atoms with Crippen LogP contribution in [0.5, 0.6) is 0 Å². The van der Waals surface area contributed by atoms with Gasteiger partial charge in [-0.3, -0.25) is 0 Å². The van der Waals surface area contributed by atoms with Crippen molar-refractivity contribution in [2.75, 3.05) is 16.8 Å². The smallest absolute Gasteiger partial charge is 0.316 e. The highest BCUT2D eigenvalue weighted by atomic mass is 35.5. The van der Waals surface area contributed by atoms with E-state index < -0.39 is 40.7 Å². The molecule has 4 aromatic rings. The summed E-state index contributed by atoms with van der Waals surface area (Å²) in [6, 6.07) is 5.20. The SMILES string of the molecule is NC(=O)Nc1cc(F)c(-c2c3c(nn2-c2c(F)cccc2F)CCN(c2ncc(Cl)cc2Cl)C3)cc1F. The third-order valence-electron chi connectivity index (χ3n) is 5.84. The number of carbonyl (C=O) groups is 1. The molecule has 0 unspecified atom stereocenters. The zero-order chi connectivity index (χ0) is 26.4. The lowest BCUT2D eigenvalue weighted by Gasteiger charge is -2.28. The van der Waals surface area contributed by atoms with Gasteiger partial charge >= 0.3 is 6.03 Å². The number of nitrogens with one attached hydrogen (secondary N) is 1. The second kappa shape index (κ2) is 9.56. The first-order valence-corrected chi connectivity index (χ1v) is 11.6. The number of amides is 2. The van der Waals surface area contributed by atoms with Gasteiger partial charge in [0.15, 0.2) is 11.6 Å². The number of para-hydroxylation sites is 1. The monoisotopic (exact) mass is 550 g/mol. The lowest BCUT2D eigenvalue weighted by atomic mass is 9.99. The van der Waals surface area contributed by atoms with Crippen molar-refractivity contribution in [3.05, 3.63) is 87.2 Å². The van der Waals surface area contributed by atoms with Crippen molar-refractivity contribution in [3.63, 3.8) is 0 Å². The van der Waals surface area contributed by atoms with Crippen molar-refractivity contribution >= 4 is 40.7 Å². The van der Waals surface area contributed by atoms with Crippen molar-refractivity contribution in [1.82, 2.24) is 14.8 Å². The quantitative estimate of drug-likeness (QED) is 0.312. The Morgan fingerprint density at radius 1 is 1.03 bits per heavy atom. The van der Waals surface area contributed by atoms with E-state index in [1.54, 1.807) is 4.90 Å². The van der Waals surface area contributed by atoms with Crippen LogP contribution in [0.4, 0.5) is 33.9 Å². The molecule has 1 aliphatic heterocycles. The number of fused-ring (bicyclic) bond motifs is 1. The number of urea groups is 1. The highest BCUT2D eigenvalue weighted by Gasteiger charge is 2.31. The molecule has 7 nitrogen and oxygen atoms in total. The molecule has 1 aliphatic rings. The molecule has 0 spiro atoms. The van der Waals surface area contributed by atoms with Gasteiger partial charge < -0.3 is 16.0 Å². The minimum atomic E-state index is -1.09. The molecule has 2 amide bonds. The standard InChI is InChI=1S/C24H16Cl2F4N6O/c25-11-6-14(26)23(32-9-11)35-5-4-19-13(10-35)21(36(34-19)22-15(27)2-1-3-16(22)28)12-7-18(30)20(8-17(12)29)33-24(31)37/h1-3,6-9H,4-5,10H2,(H3,31,33,37). The average Bonchev–Trinajstić information content (AvgIpc) is 3.19. The van der Waals surface area contributed by atoms with Gasteiger partial charge in [-0.15, -0.1) is 0 Å². The molecule has 0 bridgehead atoms. The number of hydrogen-bond acceptors (Lipinski definition) is 4. The number of aromatic nitrogens is 3. The summed E-state index contributed by atoms with van der Waals surface area (Å²) in [5.41, 5.74) is 4.38. The fourth-order valence-electron chi connectivity index (χ4n) is 4.28. The van der Waals surface area contributed by atoms with E-state index in [2.05, 4.69) is 10.1 Å². The zero-order valence-electron chi connectivity index (χ0n) is 18.7. The zero-order valence-corrected chi connectivity index (χ0v) is 20.2. The van der Waals surface area contributed by atoms with Gasteiger partial charge in [0, 0.05) is 42.9 Å². The van der Waals surface area contributed by atoms with Crippen LogP contribution >= 0.6 is 23.2 Å². The van der Waals surface area contributed by atoms with Crippen LogP contribution in [0.15, 0.2) is 42.6 Å². The van der Waals surface area contributed by atoms with Crippen molar-refractivity contribution in [2.45, 2.75) is 13.0 Å². The van der Waals surface area contributed by atoms with Crippen molar-refractivity contribution in [3.8, 4) is 16.9 Å². The van der Waals surface area contributed by atoms with E-state index in [-0.39, 0.29) is 29.2 Å². The van der Waals surface area contributed by atoms with E-state index in [0.717, 1.165) is 28.9 Å². The normalized spacial score (nSPS) is 13.0. The number of rotatable bonds is 4. The summed E-state index contributed by atoms with van der Waals surface area (Å²) in [6.45, 7) is 0.452. The molecule has 190 valence electrons. The van der Waals surface area contributed by atoms with Gasteiger partial charge in [0.2, 0.25) is 0 Å². The maximum Gasteiger partial charge on any atom is 0.316 e. The van der Waals surface area contributed by atoms with Gasteiger partial charge in [-0.25, -0.2) is 32.0 Å². The summed E-state index contributed by atoms with van der Waals surface area (Å²) in [5, 5.41) is 6.97. The minimum absolute atomic E-state index is 0.0669. The summed E-state index contributed by atoms with van der Waals surface area (Å²) in [6.07, 6.45) is 1.70. The molecule has 0 saturated heterocycles. The minimum Gasteiger partial charge on any atom is -0.351 e. The van der Waals surface area contributed by atoms with E-state index in [1.165, 1.54) is 18.3 Å². The number of nitrogens with two attached hydrogens (primary N) is 1. The Labute approximate surface area is 217 Å². The van der Waals surface area contributed by atoms with Gasteiger partial charge in [-0.05, 0) is 24.3 Å². The molecule has 0 aliphatic carbocycles. The first-order chi connectivity index (χ1) is 17.6. The average molecular weight is 551 g/mol. The van der Waals surface area contributed by atoms with E-state index in [1.807, 2.05) is 5.32 Å². The number of benzene rings is 2. The van der Waals surface area contributed by atoms with Crippen LogP contribution in [-0.4, -0.2) is 27.3 Å². The molecular formula is C24H16Cl2F4N6O. The van der Waals surface area contributed by atoms with Crippen molar-refractivity contribution in [2.24, 2.45) is 5.73 Å². The van der Waals surface area contributed by atoms with Crippen LogP contribution in [0, 0.1) is 23.3 Å². The predicted octanol–water partition coefficient (Wildman–Crippen LogP) is 5.85. The number of halogens is 6. The van der Waals surface area contributed by atoms with Crippen LogP contribution in [0.3, 0.4) is 0 Å². The van der Waals surface area contributed by atoms with Crippen LogP contribution < -0.4 is 16.0 Å². The first-order valence-electron chi connectivity index (χ1n) is 10.8. The molecule has 13 heteroatoms. The van der Waals surface area contributed by atoms with E-state index in [9.17, 15) is 18.0 Å². The molecule has 0 fully saturated rings. The molecule has 2 aromatic heterocycles. The molecule has 2 aromatic carbocycles. The maximum atomic E-state index is 15.4. The maximum absolute atomic E-state index is 15.4. The molecule has 3 N–H and O–H groups in total. The second-order valence-corrected chi connectivity index (χ2v) is 9.03. The number of nitrogens with zero attached hydrogens (tertiary/aromatic N) is 4. The lowest BCUT2D eigenvalue weighted by Crippen LogP contribution is -2.31. The van der Waals surface area contributed by atoms with Crippen LogP contribution in [0.2, 0.25) is 10.0 Å². The third kappa shape index (κ3) is 4.56. The van der Waals surface area contributed by atoms with Gasteiger partial charge in [0.25, 0.3) is 0 Å². The number of hydrogen-bond donors (Lipinski definition) is 2. The molecular weight excluding hydrogens is 535 g/mol. The van der Waals surface area contributed by atoms with E-state index >= 15 is 4.39 Å². The molecule has 0 radical (unpaired) electrons. The molecule has 0 saturated carbocycles. The summed E-state index contributed by atoms with van der Waals surface area (Å²) in [5.74, 6) is -3.51. The Hall–Kier alpha value is -3.83. The summed E-state index contributed by atoms with van der Waals surface area (Å²) < 4.78 is 60.9. The van der Waals surface area contributed by atoms with Crippen molar-refractivity contribution in [1.29, 1.82) is 0 Å². The molecule has 0 atom stereocenters. The largest absolute Gasteiger partial charge is 0.351 e. The number of anilines is 2. The summed E-state index contributed by atoms with van der Waals surface area (Å²) >= 11 is 12.3. The van der Waals surface area contributed by atoms with Crippen molar-refractivity contribution < 1.29 is 22.4 Å². The summed E-state index contributed by atoms with van der Waals surface area (Å²) in [7, 11) is 0. The fourth-order valence-corrected chi connectivity index (χ4v) is 4.78. The first kappa shape index (κ1) is 24.8. The Morgan fingerprint density at radius 3 is 2.43 bits per heavy atom. The third-order valence-corrected chi connectivity index (χ3v) is 6.33. The lowest BCUT2D eigenvalue weighted by molar-refractivity contribution is 0.259. The van der Waals surface area contributed by atoms with Gasteiger partial charge in [-0.2, -0.15) is 5.10 Å². The topological polar surface area (TPSA) is 89.1 Å². The Morgan fingerprint density at radius 2 is 1.76 bits per heavy atom. The predicted molar refractivity (Wildman–Crippen MR) is 131 cm³/mol. The summed E-state index contributed by atoms with van der Waals surface area (Å²) in [4.78, 5) is 17.2. The Bertz CT molecular complexity index is 1540. The molecule has 3 heterocycles. The second-order valence-electron chi connectivity index (χ2n) is 8.19. The van der Waals surface area contributed by atoms with Gasteiger partial charge in [-0.1, -0.05) is 29.3 Å².